The van der Waals surface area contributed by atoms with Gasteiger partial charge in [-0.15, -0.1) is 12.6 Å². The van der Waals surface area contributed by atoms with E-state index in [9.17, 15) is 14.9 Å². The molecule has 0 spiro atoms. The Balaban J connectivity index is 3.12. The molecule has 0 aliphatic carbocycles. The normalized spacial score (nSPS) is 12.1. The number of nitrogens with zero attached hydrogens (tertiary/aromatic N) is 1. The molecule has 4 nitrogen and oxygen atoms in total. The maximum absolute atomic E-state index is 10.5. The summed E-state index contributed by atoms with van der Waals surface area (Å²) in [4.78, 5) is 20.7. The van der Waals surface area contributed by atoms with Gasteiger partial charge in [0.15, 0.2) is 0 Å². The van der Waals surface area contributed by atoms with Gasteiger partial charge >= 0.3 is 0 Å². The Morgan fingerprint density at radius 2 is 2.21 bits per heavy atom. The Morgan fingerprint density at radius 3 is 2.64 bits per heavy atom. The van der Waals surface area contributed by atoms with E-state index in [1.165, 1.54) is 6.07 Å². The summed E-state index contributed by atoms with van der Waals surface area (Å²) in [5, 5.41) is 10.5. The largest absolute Gasteiger partial charge is 0.303 e. The number of hydrogen-bond acceptors (Lipinski definition) is 4. The van der Waals surface area contributed by atoms with Crippen molar-refractivity contribution in [2.75, 3.05) is 0 Å². The predicted octanol–water partition coefficient (Wildman–Crippen LogP) is 2.19. The highest BCUT2D eigenvalue weighted by Crippen LogP contribution is 2.26. The molecular weight excluding hydrogens is 202 g/mol. The van der Waals surface area contributed by atoms with Crippen LogP contribution in [0.4, 0.5) is 5.69 Å². The van der Waals surface area contributed by atoms with E-state index in [1.54, 1.807) is 19.1 Å². The molecule has 0 N–H and O–H groups in total. The maximum Gasteiger partial charge on any atom is 0.282 e. The lowest BCUT2D eigenvalue weighted by molar-refractivity contribution is -0.387. The average molecular weight is 211 g/mol. The molecule has 1 aromatic carbocycles. The van der Waals surface area contributed by atoms with Gasteiger partial charge in [-0.2, -0.15) is 0 Å². The van der Waals surface area contributed by atoms with Crippen molar-refractivity contribution in [3.63, 3.8) is 0 Å². The molecule has 1 atom stereocenters. The summed E-state index contributed by atoms with van der Waals surface area (Å²) in [6.45, 7) is 1.72. The standard InChI is InChI=1S/C9H9NO3S/c1-6(5-11)7-2-3-8(10(12)13)9(14)4-7/h2-6,14H,1H3. The van der Waals surface area contributed by atoms with Crippen molar-refractivity contribution in [3.8, 4) is 0 Å². The second kappa shape index (κ2) is 4.23. The summed E-state index contributed by atoms with van der Waals surface area (Å²) in [6, 6.07) is 4.47. The van der Waals surface area contributed by atoms with Gasteiger partial charge in [-0.25, -0.2) is 0 Å². The summed E-state index contributed by atoms with van der Waals surface area (Å²) < 4.78 is 0. The van der Waals surface area contributed by atoms with Crippen LogP contribution in [0.15, 0.2) is 23.1 Å². The van der Waals surface area contributed by atoms with E-state index >= 15 is 0 Å². The molecule has 0 aliphatic heterocycles. The highest BCUT2D eigenvalue weighted by atomic mass is 32.1. The number of benzene rings is 1. The van der Waals surface area contributed by atoms with E-state index in [0.29, 0.717) is 0 Å². The zero-order valence-corrected chi connectivity index (χ0v) is 8.40. The van der Waals surface area contributed by atoms with Gasteiger partial charge in [-0.3, -0.25) is 10.1 Å². The van der Waals surface area contributed by atoms with E-state index in [-0.39, 0.29) is 16.5 Å². The van der Waals surface area contributed by atoms with Crippen molar-refractivity contribution in [2.24, 2.45) is 0 Å². The first-order valence-electron chi connectivity index (χ1n) is 3.99. The van der Waals surface area contributed by atoms with Gasteiger partial charge in [0, 0.05) is 12.0 Å². The van der Waals surface area contributed by atoms with Crippen LogP contribution in [0, 0.1) is 10.1 Å². The van der Waals surface area contributed by atoms with Crippen LogP contribution in [0.1, 0.15) is 18.4 Å². The highest BCUT2D eigenvalue weighted by molar-refractivity contribution is 7.80. The van der Waals surface area contributed by atoms with Gasteiger partial charge in [0.1, 0.15) is 6.29 Å². The molecule has 1 aromatic rings. The van der Waals surface area contributed by atoms with Crippen molar-refractivity contribution < 1.29 is 9.72 Å². The molecule has 74 valence electrons. The van der Waals surface area contributed by atoms with Crippen LogP contribution >= 0.6 is 12.6 Å². The quantitative estimate of drug-likeness (QED) is 0.361. The Morgan fingerprint density at radius 1 is 1.57 bits per heavy atom. The molecule has 0 bridgehead atoms. The second-order valence-corrected chi connectivity index (χ2v) is 3.41. The van der Waals surface area contributed by atoms with Crippen LogP contribution in [-0.4, -0.2) is 11.2 Å². The molecule has 0 saturated heterocycles. The molecule has 0 radical (unpaired) electrons. The molecule has 1 rings (SSSR count). The van der Waals surface area contributed by atoms with Gasteiger partial charge < -0.3 is 4.79 Å². The minimum absolute atomic E-state index is 0.0461. The number of nitro benzene ring substituents is 1. The summed E-state index contributed by atoms with van der Waals surface area (Å²) in [7, 11) is 0. The zero-order valence-electron chi connectivity index (χ0n) is 7.51. The lowest BCUT2D eigenvalue weighted by atomic mass is 10.0. The lowest BCUT2D eigenvalue weighted by Crippen LogP contribution is -1.96. The monoisotopic (exact) mass is 211 g/mol. The smallest absolute Gasteiger partial charge is 0.282 e. The third-order valence-electron chi connectivity index (χ3n) is 1.93. The summed E-state index contributed by atoms with van der Waals surface area (Å²) in [5.74, 6) is -0.262. The number of carbonyl (C=O) groups excluding carboxylic acids is 1. The Hall–Kier alpha value is -1.36. The van der Waals surface area contributed by atoms with Crippen molar-refractivity contribution in [1.82, 2.24) is 0 Å². The number of aldehydes is 1. The van der Waals surface area contributed by atoms with Crippen molar-refractivity contribution in [3.05, 3.63) is 33.9 Å². The SMILES string of the molecule is CC(C=O)c1ccc([N+](=O)[O-])c(S)c1. The zero-order chi connectivity index (χ0) is 10.7. The van der Waals surface area contributed by atoms with E-state index < -0.39 is 4.92 Å². The summed E-state index contributed by atoms with van der Waals surface area (Å²) in [6.07, 6.45) is 0.786. The van der Waals surface area contributed by atoms with Crippen molar-refractivity contribution >= 4 is 24.6 Å². The Labute approximate surface area is 86.5 Å². The van der Waals surface area contributed by atoms with Gasteiger partial charge in [0.05, 0.1) is 9.82 Å². The van der Waals surface area contributed by atoms with E-state index in [1.807, 2.05) is 0 Å². The predicted molar refractivity (Wildman–Crippen MR) is 54.8 cm³/mol. The van der Waals surface area contributed by atoms with E-state index in [2.05, 4.69) is 12.6 Å². The lowest BCUT2D eigenvalue weighted by Gasteiger charge is -2.04. The molecule has 1 unspecified atom stereocenters. The maximum atomic E-state index is 10.5. The highest BCUT2D eigenvalue weighted by Gasteiger charge is 2.13. The Bertz CT molecular complexity index is 378. The van der Waals surface area contributed by atoms with Crippen molar-refractivity contribution in [1.29, 1.82) is 0 Å². The molecule has 0 fully saturated rings. The van der Waals surface area contributed by atoms with E-state index in [0.717, 1.165) is 11.8 Å². The number of carbonyl (C=O) groups is 1. The molecule has 0 heterocycles. The first kappa shape index (κ1) is 10.7. The Kier molecular flexibility index (Phi) is 3.24. The third-order valence-corrected chi connectivity index (χ3v) is 2.28. The molecular formula is C9H9NO3S. The second-order valence-electron chi connectivity index (χ2n) is 2.93. The molecule has 0 amide bonds. The first-order chi connectivity index (χ1) is 6.56. The molecule has 14 heavy (non-hydrogen) atoms. The fourth-order valence-electron chi connectivity index (χ4n) is 1.06. The number of hydrogen-bond donors (Lipinski definition) is 1. The molecule has 5 heteroatoms. The van der Waals surface area contributed by atoms with Crippen LogP contribution in [0.5, 0.6) is 0 Å². The number of rotatable bonds is 3. The summed E-state index contributed by atoms with van der Waals surface area (Å²) >= 11 is 3.98. The fourth-order valence-corrected chi connectivity index (χ4v) is 1.36. The van der Waals surface area contributed by atoms with Gasteiger partial charge in [-0.05, 0) is 11.6 Å². The minimum Gasteiger partial charge on any atom is -0.303 e. The summed E-state index contributed by atoms with van der Waals surface area (Å²) in [5.41, 5.74) is 0.686. The average Bonchev–Trinajstić information content (AvgIpc) is 2.15. The van der Waals surface area contributed by atoms with E-state index in [4.69, 9.17) is 0 Å². The van der Waals surface area contributed by atoms with Crippen molar-refractivity contribution in [2.45, 2.75) is 17.7 Å². The minimum atomic E-state index is -0.502. The van der Waals surface area contributed by atoms with Crippen LogP contribution in [-0.2, 0) is 4.79 Å². The van der Waals surface area contributed by atoms with Gasteiger partial charge in [0.25, 0.3) is 5.69 Å². The first-order valence-corrected chi connectivity index (χ1v) is 4.43. The molecule has 0 aromatic heterocycles. The van der Waals surface area contributed by atoms with Gasteiger partial charge in [0.2, 0.25) is 0 Å². The third kappa shape index (κ3) is 2.11. The van der Waals surface area contributed by atoms with Crippen LogP contribution < -0.4 is 0 Å². The van der Waals surface area contributed by atoms with Crippen LogP contribution in [0.2, 0.25) is 0 Å². The topological polar surface area (TPSA) is 60.2 Å². The van der Waals surface area contributed by atoms with Crippen LogP contribution in [0.25, 0.3) is 0 Å². The molecule has 0 aliphatic rings. The van der Waals surface area contributed by atoms with Gasteiger partial charge in [-0.1, -0.05) is 13.0 Å². The number of thiol groups is 1. The fraction of sp³-hybridized carbons (Fsp3) is 0.222. The number of nitro groups is 1. The van der Waals surface area contributed by atoms with Crippen LogP contribution in [0.3, 0.4) is 0 Å². The molecule has 0 saturated carbocycles.